The lowest BCUT2D eigenvalue weighted by atomic mass is 9.98. The second-order valence-corrected chi connectivity index (χ2v) is 9.56. The van der Waals surface area contributed by atoms with E-state index in [0.29, 0.717) is 51.6 Å². The van der Waals surface area contributed by atoms with E-state index in [-0.39, 0.29) is 30.5 Å². The van der Waals surface area contributed by atoms with Crippen LogP contribution in [-0.2, 0) is 21.9 Å². The third-order valence-electron chi connectivity index (χ3n) is 6.98. The Kier molecular flexibility index (Phi) is 8.44. The van der Waals surface area contributed by atoms with Crippen LogP contribution in [0.3, 0.4) is 0 Å². The number of aromatic nitrogens is 4. The van der Waals surface area contributed by atoms with Gasteiger partial charge < -0.3 is 19.3 Å². The van der Waals surface area contributed by atoms with E-state index >= 15 is 0 Å². The molecule has 2 aromatic rings. The number of alkyl halides is 6. The molecule has 10 nitrogen and oxygen atoms in total. The van der Waals surface area contributed by atoms with Crippen LogP contribution in [0.25, 0.3) is 0 Å². The molecule has 0 saturated carbocycles. The fourth-order valence-electron chi connectivity index (χ4n) is 4.92. The van der Waals surface area contributed by atoms with Crippen molar-refractivity contribution >= 4 is 18.1 Å². The number of ether oxygens (including phenoxy) is 1. The van der Waals surface area contributed by atoms with Crippen LogP contribution in [0.1, 0.15) is 24.0 Å². The first kappa shape index (κ1) is 28.7. The highest BCUT2D eigenvalue weighted by molar-refractivity contribution is 5.54. The summed E-state index contributed by atoms with van der Waals surface area (Å²) in [6, 6.07) is 0.356. The van der Waals surface area contributed by atoms with Crippen LogP contribution in [0.15, 0.2) is 23.3 Å². The van der Waals surface area contributed by atoms with Gasteiger partial charge in [-0.15, -0.1) is 0 Å². The quantitative estimate of drug-likeness (QED) is 0.382. The first-order chi connectivity index (χ1) is 18.4. The third kappa shape index (κ3) is 6.84. The maximum absolute atomic E-state index is 13.3. The van der Waals surface area contributed by atoms with E-state index in [2.05, 4.69) is 15.1 Å². The van der Waals surface area contributed by atoms with E-state index in [9.17, 15) is 35.9 Å². The smallest absolute Gasteiger partial charge is 0.380 e. The molecular formula is C23H27F6N7O3. The first-order valence-electron chi connectivity index (χ1n) is 12.2. The average Bonchev–Trinajstić information content (AvgIpc) is 3.30. The van der Waals surface area contributed by atoms with Gasteiger partial charge >= 0.3 is 12.4 Å². The summed E-state index contributed by atoms with van der Waals surface area (Å²) in [6.45, 7) is 2.55. The maximum Gasteiger partial charge on any atom is 0.421 e. The third-order valence-corrected chi connectivity index (χ3v) is 6.98. The molecular weight excluding hydrogens is 536 g/mol. The van der Waals surface area contributed by atoms with E-state index < -0.39 is 35.0 Å². The van der Waals surface area contributed by atoms with Gasteiger partial charge in [0.25, 0.3) is 5.56 Å². The zero-order valence-electron chi connectivity index (χ0n) is 20.9. The van der Waals surface area contributed by atoms with Crippen molar-refractivity contribution < 1.29 is 35.9 Å². The lowest BCUT2D eigenvalue weighted by molar-refractivity contribution is -0.139. The molecule has 0 spiro atoms. The number of piperazine rings is 1. The number of nitrogens with zero attached hydrogens (tertiary/aromatic N) is 6. The molecule has 0 aliphatic carbocycles. The molecule has 0 radical (unpaired) electrons. The van der Waals surface area contributed by atoms with E-state index in [0.717, 1.165) is 18.7 Å². The molecule has 39 heavy (non-hydrogen) atoms. The molecule has 1 N–H and O–H groups in total. The van der Waals surface area contributed by atoms with Gasteiger partial charge in [0.2, 0.25) is 5.95 Å². The Bertz CT molecular complexity index is 1180. The normalized spacial score (nSPS) is 21.8. The van der Waals surface area contributed by atoms with Gasteiger partial charge in [0, 0.05) is 76.8 Å². The molecule has 0 aromatic carbocycles. The fraction of sp³-hybridized carbons (Fsp3) is 0.609. The van der Waals surface area contributed by atoms with Gasteiger partial charge in [0.1, 0.15) is 17.7 Å². The molecule has 2 fully saturated rings. The molecule has 0 amide bonds. The van der Waals surface area contributed by atoms with Crippen molar-refractivity contribution in [3.05, 3.63) is 39.9 Å². The zero-order valence-corrected chi connectivity index (χ0v) is 20.9. The van der Waals surface area contributed by atoms with Crippen molar-refractivity contribution in [2.45, 2.75) is 37.3 Å². The van der Waals surface area contributed by atoms with E-state index in [1.54, 1.807) is 9.80 Å². The van der Waals surface area contributed by atoms with Gasteiger partial charge in [0.15, 0.2) is 0 Å². The summed E-state index contributed by atoms with van der Waals surface area (Å²) in [6.07, 6.45) is -6.58. The summed E-state index contributed by atoms with van der Waals surface area (Å²) in [7, 11) is 1.49. The monoisotopic (exact) mass is 563 g/mol. The average molecular weight is 564 g/mol. The minimum atomic E-state index is -4.85. The number of anilines is 2. The molecule has 4 rings (SSSR count). The SMILES string of the molecule is CO[C@H]1C[C@@H](CC(C=O)CN2CCN(c3ncc(C(F)(F)F)cn3)CC2)N(c2cc(C(F)(F)F)c(=O)[nH]n2)C1. The number of aldehydes is 1. The Balaban J connectivity index is 1.38. The number of methoxy groups -OCH3 is 1. The van der Waals surface area contributed by atoms with Gasteiger partial charge in [-0.3, -0.25) is 9.69 Å². The molecule has 2 aromatic heterocycles. The molecule has 2 aliphatic heterocycles. The minimum Gasteiger partial charge on any atom is -0.380 e. The predicted octanol–water partition coefficient (Wildman–Crippen LogP) is 2.22. The number of halogens is 6. The number of carbonyl (C=O) groups excluding carboxylic acids is 1. The van der Waals surface area contributed by atoms with Crippen LogP contribution < -0.4 is 15.4 Å². The lowest BCUT2D eigenvalue weighted by Crippen LogP contribution is -2.49. The van der Waals surface area contributed by atoms with Gasteiger partial charge in [0.05, 0.1) is 11.7 Å². The van der Waals surface area contributed by atoms with Gasteiger partial charge in [-0.25, -0.2) is 15.1 Å². The number of hydrogen-bond acceptors (Lipinski definition) is 9. The van der Waals surface area contributed by atoms with Gasteiger partial charge in [-0.1, -0.05) is 0 Å². The van der Waals surface area contributed by atoms with Crippen LogP contribution in [-0.4, -0.2) is 89.9 Å². The topological polar surface area (TPSA) is 108 Å². The molecule has 2 aliphatic rings. The van der Waals surface area contributed by atoms with Crippen molar-refractivity contribution in [2.75, 3.05) is 56.2 Å². The standard InChI is InChI=1S/C23H27F6N7O3/c1-39-17-7-16(36(12-17)19-8-18(23(27,28)29)20(38)33-32-19)6-14(13-37)11-34-2-4-35(5-3-34)21-30-9-15(10-31-21)22(24,25)26/h8-10,13-14,16-17H,2-7,11-12H2,1H3,(H,33,38)/t14?,16-,17+/m1/s1. The van der Waals surface area contributed by atoms with Crippen LogP contribution in [0.5, 0.6) is 0 Å². The lowest BCUT2D eigenvalue weighted by Gasteiger charge is -2.36. The van der Waals surface area contributed by atoms with Crippen LogP contribution in [0.2, 0.25) is 0 Å². The van der Waals surface area contributed by atoms with Crippen LogP contribution in [0, 0.1) is 5.92 Å². The summed E-state index contributed by atoms with van der Waals surface area (Å²) < 4.78 is 83.5. The summed E-state index contributed by atoms with van der Waals surface area (Å²) >= 11 is 0. The van der Waals surface area contributed by atoms with E-state index in [4.69, 9.17) is 4.74 Å². The highest BCUT2D eigenvalue weighted by Crippen LogP contribution is 2.33. The highest BCUT2D eigenvalue weighted by Gasteiger charge is 2.39. The molecule has 16 heteroatoms. The van der Waals surface area contributed by atoms with Crippen molar-refractivity contribution in [1.82, 2.24) is 25.1 Å². The van der Waals surface area contributed by atoms with Crippen molar-refractivity contribution in [3.63, 3.8) is 0 Å². The Hall–Kier alpha value is -3.27. The van der Waals surface area contributed by atoms with Crippen molar-refractivity contribution in [2.24, 2.45) is 5.92 Å². The second kappa shape index (κ2) is 11.5. The molecule has 1 unspecified atom stereocenters. The number of aromatic amines is 1. The minimum absolute atomic E-state index is 0.0544. The zero-order chi connectivity index (χ0) is 28.4. The Morgan fingerprint density at radius 1 is 1.10 bits per heavy atom. The second-order valence-electron chi connectivity index (χ2n) is 9.56. The number of H-pyrrole nitrogens is 1. The largest absolute Gasteiger partial charge is 0.421 e. The number of rotatable bonds is 8. The molecule has 214 valence electrons. The summed E-state index contributed by atoms with van der Waals surface area (Å²) in [5.41, 5.74) is -3.62. The van der Waals surface area contributed by atoms with Gasteiger partial charge in [-0.2, -0.15) is 31.4 Å². The number of nitrogens with one attached hydrogen (secondary N) is 1. The Morgan fingerprint density at radius 2 is 1.77 bits per heavy atom. The van der Waals surface area contributed by atoms with Crippen molar-refractivity contribution in [1.29, 1.82) is 0 Å². The number of hydrogen-bond donors (Lipinski definition) is 1. The van der Waals surface area contributed by atoms with Crippen LogP contribution in [0.4, 0.5) is 38.1 Å². The highest BCUT2D eigenvalue weighted by atomic mass is 19.4. The first-order valence-corrected chi connectivity index (χ1v) is 12.2. The molecule has 4 heterocycles. The number of carbonyl (C=O) groups is 1. The van der Waals surface area contributed by atoms with E-state index in [1.165, 1.54) is 7.11 Å². The van der Waals surface area contributed by atoms with Gasteiger partial charge in [-0.05, 0) is 12.8 Å². The fourth-order valence-corrected chi connectivity index (χ4v) is 4.92. The molecule has 0 bridgehead atoms. The Labute approximate surface area is 219 Å². The maximum atomic E-state index is 13.3. The summed E-state index contributed by atoms with van der Waals surface area (Å²) in [4.78, 5) is 36.7. The van der Waals surface area contributed by atoms with Crippen LogP contribution >= 0.6 is 0 Å². The molecule has 2 saturated heterocycles. The summed E-state index contributed by atoms with van der Waals surface area (Å²) in [5.74, 6) is -0.318. The van der Waals surface area contributed by atoms with Crippen molar-refractivity contribution in [3.8, 4) is 0 Å². The predicted molar refractivity (Wildman–Crippen MR) is 126 cm³/mol. The molecule has 3 atom stereocenters. The Morgan fingerprint density at radius 3 is 2.33 bits per heavy atom. The summed E-state index contributed by atoms with van der Waals surface area (Å²) in [5, 5.41) is 5.72. The van der Waals surface area contributed by atoms with E-state index in [1.807, 2.05) is 10.00 Å².